The normalized spacial score (nSPS) is 18.0. The molecule has 2 atom stereocenters. The lowest BCUT2D eigenvalue weighted by atomic mass is 10.00. The molecule has 0 aliphatic carbocycles. The van der Waals surface area contributed by atoms with Gasteiger partial charge in [0.15, 0.2) is 6.10 Å². The number of halogens is 1. The van der Waals surface area contributed by atoms with Gasteiger partial charge in [0.05, 0.1) is 24.9 Å². The van der Waals surface area contributed by atoms with Gasteiger partial charge in [-0.15, -0.1) is 0 Å². The minimum atomic E-state index is -1.34. The van der Waals surface area contributed by atoms with E-state index in [0.29, 0.717) is 33.1 Å². The van der Waals surface area contributed by atoms with Gasteiger partial charge in [0.2, 0.25) is 5.91 Å². The van der Waals surface area contributed by atoms with Gasteiger partial charge in [0.1, 0.15) is 11.8 Å². The van der Waals surface area contributed by atoms with Crippen LogP contribution in [-0.2, 0) is 9.59 Å². The molecule has 2 N–H and O–H groups in total. The molecule has 184 valence electrons. The van der Waals surface area contributed by atoms with Crippen LogP contribution in [0.3, 0.4) is 0 Å². The van der Waals surface area contributed by atoms with Crippen LogP contribution in [0.2, 0.25) is 5.02 Å². The number of nitrogens with zero attached hydrogens (tertiary/aromatic N) is 2. The Balaban J connectivity index is 1.42. The zero-order valence-corrected chi connectivity index (χ0v) is 20.2. The molecule has 1 saturated heterocycles. The van der Waals surface area contributed by atoms with Gasteiger partial charge in [-0.05, 0) is 41.5 Å². The van der Waals surface area contributed by atoms with E-state index in [1.807, 2.05) is 0 Å². The van der Waals surface area contributed by atoms with Gasteiger partial charge < -0.3 is 25.0 Å². The lowest BCUT2D eigenvalue weighted by Gasteiger charge is -2.40. The van der Waals surface area contributed by atoms with E-state index in [4.69, 9.17) is 16.3 Å². The topological polar surface area (TPSA) is 99.2 Å². The first kappa shape index (κ1) is 23.8. The molecule has 0 spiro atoms. The molecule has 3 aromatic carbocycles. The Labute approximate surface area is 213 Å². The van der Waals surface area contributed by atoms with Crippen LogP contribution in [0.5, 0.6) is 5.75 Å². The second-order valence-electron chi connectivity index (χ2n) is 8.71. The van der Waals surface area contributed by atoms with E-state index in [0.717, 1.165) is 5.56 Å². The number of nitrogens with one attached hydrogen (secondary N) is 1. The predicted molar refractivity (Wildman–Crippen MR) is 135 cm³/mol. The van der Waals surface area contributed by atoms with Crippen molar-refractivity contribution >= 4 is 35.0 Å². The highest BCUT2D eigenvalue weighted by Gasteiger charge is 2.41. The second kappa shape index (κ2) is 9.64. The van der Waals surface area contributed by atoms with Crippen molar-refractivity contribution in [3.8, 4) is 16.9 Å². The zero-order chi connectivity index (χ0) is 25.4. The smallest absolute Gasteiger partial charge is 0.256 e. The number of fused-ring (bicyclic) bond motifs is 2. The Hall–Kier alpha value is -3.88. The van der Waals surface area contributed by atoms with E-state index in [2.05, 4.69) is 5.32 Å². The van der Waals surface area contributed by atoms with Crippen molar-refractivity contribution in [3.05, 3.63) is 82.9 Å². The van der Waals surface area contributed by atoms with Crippen LogP contribution in [0.25, 0.3) is 11.1 Å². The third-order valence-electron chi connectivity index (χ3n) is 6.59. The maximum atomic E-state index is 13.6. The number of aliphatic hydroxyl groups excluding tert-OH is 1. The Bertz CT molecular complexity index is 1350. The SMILES string of the molecule is COc1ccc(Cl)cc1-c1ccc2c(c1)C(=O)N1CCN(C(=O)[C@@H](O)c3ccccc3)C[C@H]1C(=O)N2. The summed E-state index contributed by atoms with van der Waals surface area (Å²) in [5, 5.41) is 13.9. The van der Waals surface area contributed by atoms with Crippen molar-refractivity contribution in [2.24, 2.45) is 0 Å². The number of benzene rings is 3. The molecule has 5 rings (SSSR count). The standard InChI is InChI=1S/C27H24ClN3O5/c1-36-23-10-8-18(28)14-19(23)17-7-9-21-20(13-17)26(34)31-12-11-30(15-22(31)25(33)29-21)27(35)24(32)16-5-3-2-4-6-16/h2-10,13-14,22,24,32H,11-12,15H2,1H3,(H,29,33)/t22-,24-/m0/s1. The van der Waals surface area contributed by atoms with Crippen LogP contribution in [0, 0.1) is 0 Å². The minimum Gasteiger partial charge on any atom is -0.496 e. The Morgan fingerprint density at radius 2 is 1.83 bits per heavy atom. The molecule has 1 fully saturated rings. The highest BCUT2D eigenvalue weighted by atomic mass is 35.5. The van der Waals surface area contributed by atoms with Gasteiger partial charge in [0.25, 0.3) is 11.8 Å². The fourth-order valence-electron chi connectivity index (χ4n) is 4.68. The van der Waals surface area contributed by atoms with Crippen LogP contribution in [-0.4, -0.2) is 65.4 Å². The summed E-state index contributed by atoms with van der Waals surface area (Å²) >= 11 is 6.19. The van der Waals surface area contributed by atoms with Gasteiger partial charge in [-0.2, -0.15) is 0 Å². The van der Waals surface area contributed by atoms with Gasteiger partial charge >= 0.3 is 0 Å². The van der Waals surface area contributed by atoms with Crippen molar-refractivity contribution in [2.75, 3.05) is 32.1 Å². The molecule has 0 aromatic heterocycles. The molecule has 2 aliphatic heterocycles. The van der Waals surface area contributed by atoms with Gasteiger partial charge in [-0.25, -0.2) is 0 Å². The molecular formula is C27H24ClN3O5. The Kier molecular flexibility index (Phi) is 6.38. The number of hydrogen-bond acceptors (Lipinski definition) is 5. The fraction of sp³-hybridized carbons (Fsp3) is 0.222. The molecule has 0 radical (unpaired) electrons. The molecule has 3 aromatic rings. The molecule has 2 heterocycles. The second-order valence-corrected chi connectivity index (χ2v) is 9.14. The molecule has 9 heteroatoms. The fourth-order valence-corrected chi connectivity index (χ4v) is 4.85. The van der Waals surface area contributed by atoms with E-state index < -0.39 is 18.1 Å². The summed E-state index contributed by atoms with van der Waals surface area (Å²) in [6.45, 7) is 0.354. The molecule has 0 bridgehead atoms. The van der Waals surface area contributed by atoms with Crippen molar-refractivity contribution < 1.29 is 24.2 Å². The number of amides is 3. The average Bonchev–Trinajstić information content (AvgIpc) is 3.01. The molecule has 36 heavy (non-hydrogen) atoms. The minimum absolute atomic E-state index is 0.0107. The summed E-state index contributed by atoms with van der Waals surface area (Å²) in [5.41, 5.74) is 2.65. The van der Waals surface area contributed by atoms with Gasteiger partial charge in [0, 0.05) is 23.7 Å². The maximum Gasteiger partial charge on any atom is 0.256 e. The molecule has 8 nitrogen and oxygen atoms in total. The number of ether oxygens (including phenoxy) is 1. The zero-order valence-electron chi connectivity index (χ0n) is 19.5. The van der Waals surface area contributed by atoms with E-state index >= 15 is 0 Å². The van der Waals surface area contributed by atoms with Crippen molar-refractivity contribution in [3.63, 3.8) is 0 Å². The first-order valence-corrected chi connectivity index (χ1v) is 11.9. The summed E-state index contributed by atoms with van der Waals surface area (Å²) in [6, 6.07) is 18.2. The third-order valence-corrected chi connectivity index (χ3v) is 6.82. The van der Waals surface area contributed by atoms with E-state index in [1.165, 1.54) is 9.80 Å². The van der Waals surface area contributed by atoms with Crippen molar-refractivity contribution in [1.29, 1.82) is 0 Å². The van der Waals surface area contributed by atoms with Crippen LogP contribution >= 0.6 is 11.6 Å². The third kappa shape index (κ3) is 4.29. The highest BCUT2D eigenvalue weighted by molar-refractivity contribution is 6.31. The molecule has 3 amide bonds. The molecule has 2 aliphatic rings. The number of carbonyl (C=O) groups excluding carboxylic acids is 3. The first-order chi connectivity index (χ1) is 17.4. The molecule has 0 saturated carbocycles. The molecular weight excluding hydrogens is 482 g/mol. The van der Waals surface area contributed by atoms with Gasteiger partial charge in [-0.3, -0.25) is 14.4 Å². The summed E-state index contributed by atoms with van der Waals surface area (Å²) in [4.78, 5) is 42.6. The number of piperazine rings is 1. The average molecular weight is 506 g/mol. The van der Waals surface area contributed by atoms with Crippen molar-refractivity contribution in [1.82, 2.24) is 9.80 Å². The summed E-state index contributed by atoms with van der Waals surface area (Å²) < 4.78 is 5.46. The number of rotatable bonds is 4. The lowest BCUT2D eigenvalue weighted by molar-refractivity contribution is -0.144. The number of methoxy groups -OCH3 is 1. The largest absolute Gasteiger partial charge is 0.496 e. The summed E-state index contributed by atoms with van der Waals surface area (Å²) in [6.07, 6.45) is -1.34. The van der Waals surface area contributed by atoms with E-state index in [-0.39, 0.29) is 31.4 Å². The number of carbonyl (C=O) groups is 3. The number of aliphatic hydroxyl groups is 1. The number of hydrogen-bond donors (Lipinski definition) is 2. The van der Waals surface area contributed by atoms with Crippen LogP contribution < -0.4 is 10.1 Å². The van der Waals surface area contributed by atoms with Crippen LogP contribution in [0.1, 0.15) is 22.0 Å². The first-order valence-electron chi connectivity index (χ1n) is 11.5. The lowest BCUT2D eigenvalue weighted by Crippen LogP contribution is -2.60. The quantitative estimate of drug-likeness (QED) is 0.566. The van der Waals surface area contributed by atoms with Crippen LogP contribution in [0.15, 0.2) is 66.7 Å². The highest BCUT2D eigenvalue weighted by Crippen LogP contribution is 2.36. The molecule has 0 unspecified atom stereocenters. The van der Waals surface area contributed by atoms with Gasteiger partial charge in [-0.1, -0.05) is 48.0 Å². The monoisotopic (exact) mass is 505 g/mol. The Morgan fingerprint density at radius 3 is 2.58 bits per heavy atom. The predicted octanol–water partition coefficient (Wildman–Crippen LogP) is 3.35. The number of anilines is 1. The maximum absolute atomic E-state index is 13.6. The summed E-state index contributed by atoms with van der Waals surface area (Å²) in [7, 11) is 1.56. The summed E-state index contributed by atoms with van der Waals surface area (Å²) in [5.74, 6) is -0.599. The Morgan fingerprint density at radius 1 is 1.06 bits per heavy atom. The van der Waals surface area contributed by atoms with Crippen molar-refractivity contribution in [2.45, 2.75) is 12.1 Å². The van der Waals surface area contributed by atoms with E-state index in [1.54, 1.807) is 73.8 Å². The van der Waals surface area contributed by atoms with E-state index in [9.17, 15) is 19.5 Å². The van der Waals surface area contributed by atoms with Crippen LogP contribution in [0.4, 0.5) is 5.69 Å².